The van der Waals surface area contributed by atoms with Crippen LogP contribution in [0.25, 0.3) is 0 Å². The Balaban J connectivity index is 2.32. The molecule has 80 valence electrons. The highest BCUT2D eigenvalue weighted by molar-refractivity contribution is 5.47. The number of halogens is 2. The molecule has 1 unspecified atom stereocenters. The van der Waals surface area contributed by atoms with Crippen molar-refractivity contribution in [2.24, 2.45) is 0 Å². The van der Waals surface area contributed by atoms with Gasteiger partial charge in [0.25, 0.3) is 0 Å². The summed E-state index contributed by atoms with van der Waals surface area (Å²) in [6.07, 6.45) is 1.06. The normalized spacial score (nSPS) is 20.7. The Morgan fingerprint density at radius 2 is 2.00 bits per heavy atom. The summed E-state index contributed by atoms with van der Waals surface area (Å²) < 4.78 is 25.8. The minimum Gasteiger partial charge on any atom is -0.276 e. The molecule has 0 aliphatic carbocycles. The zero-order valence-corrected chi connectivity index (χ0v) is 7.82. The van der Waals surface area contributed by atoms with Crippen LogP contribution in [-0.4, -0.2) is 18.1 Å². The number of hydrogen-bond acceptors (Lipinski definition) is 2. The van der Waals surface area contributed by atoms with Gasteiger partial charge in [0.2, 0.25) is 6.41 Å². The van der Waals surface area contributed by atoms with Crippen molar-refractivity contribution in [2.75, 3.05) is 6.61 Å². The molecule has 1 amide bonds. The number of carbonyl (C=O) groups excluding carboxylic acids is 1. The third kappa shape index (κ3) is 1.97. The minimum absolute atomic E-state index is 0.377. The van der Waals surface area contributed by atoms with Gasteiger partial charge in [-0.05, 0) is 17.7 Å². The quantitative estimate of drug-likeness (QED) is 0.701. The maximum absolute atomic E-state index is 12.9. The summed E-state index contributed by atoms with van der Waals surface area (Å²) in [7, 11) is 0. The van der Waals surface area contributed by atoms with Crippen molar-refractivity contribution in [2.45, 2.75) is 12.5 Å². The average molecular weight is 213 g/mol. The molecule has 0 N–H and O–H groups in total. The molecule has 1 aliphatic rings. The second-order valence-electron chi connectivity index (χ2n) is 3.31. The molecule has 0 saturated carbocycles. The summed E-state index contributed by atoms with van der Waals surface area (Å²) in [5.41, 5.74) is 0.414. The first-order chi connectivity index (χ1) is 7.20. The van der Waals surface area contributed by atoms with E-state index in [9.17, 15) is 13.6 Å². The molecule has 0 spiro atoms. The van der Waals surface area contributed by atoms with E-state index in [0.29, 0.717) is 25.0 Å². The second-order valence-corrected chi connectivity index (χ2v) is 3.31. The molecule has 1 aromatic rings. The van der Waals surface area contributed by atoms with Crippen LogP contribution >= 0.6 is 0 Å². The van der Waals surface area contributed by atoms with Crippen LogP contribution in [0.1, 0.15) is 18.0 Å². The lowest BCUT2D eigenvalue weighted by Crippen LogP contribution is -2.20. The van der Waals surface area contributed by atoms with Gasteiger partial charge < -0.3 is 0 Å². The fourth-order valence-electron chi connectivity index (χ4n) is 1.67. The molecule has 0 bridgehead atoms. The lowest BCUT2D eigenvalue weighted by molar-refractivity contribution is -0.161. The molecule has 15 heavy (non-hydrogen) atoms. The van der Waals surface area contributed by atoms with Gasteiger partial charge in [0.15, 0.2) is 0 Å². The van der Waals surface area contributed by atoms with Crippen LogP contribution in [-0.2, 0) is 9.63 Å². The third-order valence-corrected chi connectivity index (χ3v) is 2.31. The number of benzene rings is 1. The standard InChI is InChI=1S/C10H9F2NO2/c11-8-3-7(4-9(12)5-8)10-1-2-15-13(10)6-14/h3-6,10H,1-2H2. The minimum atomic E-state index is -0.650. The number of hydroxylamine groups is 2. The lowest BCUT2D eigenvalue weighted by Gasteiger charge is -2.17. The molecule has 3 nitrogen and oxygen atoms in total. The molecule has 1 saturated heterocycles. The van der Waals surface area contributed by atoms with Gasteiger partial charge in [-0.25, -0.2) is 13.8 Å². The molecule has 1 atom stereocenters. The molecule has 0 aromatic heterocycles. The first-order valence-electron chi connectivity index (χ1n) is 4.53. The second kappa shape index (κ2) is 3.94. The molecule has 1 aliphatic heterocycles. The van der Waals surface area contributed by atoms with Crippen molar-refractivity contribution < 1.29 is 18.4 Å². The topological polar surface area (TPSA) is 29.5 Å². The Morgan fingerprint density at radius 1 is 1.33 bits per heavy atom. The maximum Gasteiger partial charge on any atom is 0.233 e. The zero-order valence-electron chi connectivity index (χ0n) is 7.82. The predicted octanol–water partition coefficient (Wildman–Crippen LogP) is 1.80. The first kappa shape index (κ1) is 10.0. The van der Waals surface area contributed by atoms with E-state index in [2.05, 4.69) is 0 Å². The Labute approximate surface area is 85.2 Å². The Bertz CT molecular complexity index is 363. The van der Waals surface area contributed by atoms with Crippen molar-refractivity contribution >= 4 is 6.41 Å². The van der Waals surface area contributed by atoms with Crippen molar-refractivity contribution in [1.82, 2.24) is 5.06 Å². The number of rotatable bonds is 2. The van der Waals surface area contributed by atoms with Crippen molar-refractivity contribution in [1.29, 1.82) is 0 Å². The van der Waals surface area contributed by atoms with Gasteiger partial charge in [-0.2, -0.15) is 0 Å². The first-order valence-corrected chi connectivity index (χ1v) is 4.53. The Morgan fingerprint density at radius 3 is 2.60 bits per heavy atom. The molecular weight excluding hydrogens is 204 g/mol. The van der Waals surface area contributed by atoms with E-state index in [0.717, 1.165) is 11.1 Å². The monoisotopic (exact) mass is 213 g/mol. The van der Waals surface area contributed by atoms with Crippen LogP contribution < -0.4 is 0 Å². The van der Waals surface area contributed by atoms with E-state index >= 15 is 0 Å². The number of hydrogen-bond donors (Lipinski definition) is 0. The third-order valence-electron chi connectivity index (χ3n) is 2.31. The van der Waals surface area contributed by atoms with Gasteiger partial charge in [-0.1, -0.05) is 0 Å². The molecule has 2 rings (SSSR count). The summed E-state index contributed by atoms with van der Waals surface area (Å²) in [5.74, 6) is -1.30. The van der Waals surface area contributed by atoms with E-state index in [-0.39, 0.29) is 0 Å². The molecular formula is C10H9F2NO2. The summed E-state index contributed by atoms with van der Waals surface area (Å²) in [6, 6.07) is 2.82. The summed E-state index contributed by atoms with van der Waals surface area (Å²) in [5, 5.41) is 1.08. The Hall–Kier alpha value is -1.49. The number of carbonyl (C=O) groups is 1. The van der Waals surface area contributed by atoms with E-state index in [1.165, 1.54) is 12.1 Å². The highest BCUT2D eigenvalue weighted by Crippen LogP contribution is 2.29. The zero-order chi connectivity index (χ0) is 10.8. The van der Waals surface area contributed by atoms with E-state index < -0.39 is 17.7 Å². The SMILES string of the molecule is O=CN1OCCC1c1cc(F)cc(F)c1. The number of amides is 1. The van der Waals surface area contributed by atoms with Crippen LogP contribution in [0.2, 0.25) is 0 Å². The average Bonchev–Trinajstić information content (AvgIpc) is 2.63. The smallest absolute Gasteiger partial charge is 0.233 e. The van der Waals surface area contributed by atoms with Gasteiger partial charge >= 0.3 is 0 Å². The molecule has 1 aromatic carbocycles. The van der Waals surface area contributed by atoms with Gasteiger partial charge in [0, 0.05) is 12.5 Å². The fraction of sp³-hybridized carbons (Fsp3) is 0.300. The van der Waals surface area contributed by atoms with Crippen molar-refractivity contribution in [3.63, 3.8) is 0 Å². The summed E-state index contributed by atoms with van der Waals surface area (Å²) >= 11 is 0. The van der Waals surface area contributed by atoms with Crippen molar-refractivity contribution in [3.05, 3.63) is 35.4 Å². The molecule has 0 radical (unpaired) electrons. The summed E-state index contributed by atoms with van der Waals surface area (Å²) in [4.78, 5) is 15.5. The van der Waals surface area contributed by atoms with Crippen LogP contribution in [0.5, 0.6) is 0 Å². The number of nitrogens with zero attached hydrogens (tertiary/aromatic N) is 1. The van der Waals surface area contributed by atoms with Crippen molar-refractivity contribution in [3.8, 4) is 0 Å². The largest absolute Gasteiger partial charge is 0.276 e. The highest BCUT2D eigenvalue weighted by atomic mass is 19.1. The molecule has 1 fully saturated rings. The van der Waals surface area contributed by atoms with Crippen LogP contribution in [0.3, 0.4) is 0 Å². The lowest BCUT2D eigenvalue weighted by atomic mass is 10.0. The predicted molar refractivity (Wildman–Crippen MR) is 47.6 cm³/mol. The molecule has 1 heterocycles. The van der Waals surface area contributed by atoms with E-state index in [1.54, 1.807) is 0 Å². The van der Waals surface area contributed by atoms with E-state index in [4.69, 9.17) is 4.84 Å². The van der Waals surface area contributed by atoms with Gasteiger partial charge in [-0.15, -0.1) is 0 Å². The van der Waals surface area contributed by atoms with E-state index in [1.807, 2.05) is 0 Å². The van der Waals surface area contributed by atoms with Crippen LogP contribution in [0.15, 0.2) is 18.2 Å². The Kier molecular flexibility index (Phi) is 2.64. The highest BCUT2D eigenvalue weighted by Gasteiger charge is 2.26. The summed E-state index contributed by atoms with van der Waals surface area (Å²) in [6.45, 7) is 0.377. The van der Waals surface area contributed by atoms with Gasteiger partial charge in [0.1, 0.15) is 11.6 Å². The van der Waals surface area contributed by atoms with Gasteiger partial charge in [0.05, 0.1) is 12.6 Å². The fourth-order valence-corrected chi connectivity index (χ4v) is 1.67. The molecule has 5 heteroatoms. The van der Waals surface area contributed by atoms with Crippen LogP contribution in [0, 0.1) is 11.6 Å². The van der Waals surface area contributed by atoms with Crippen LogP contribution in [0.4, 0.5) is 8.78 Å². The maximum atomic E-state index is 12.9. The van der Waals surface area contributed by atoms with Gasteiger partial charge in [-0.3, -0.25) is 9.63 Å².